The second-order valence-electron chi connectivity index (χ2n) is 7.30. The molecule has 5 unspecified atom stereocenters. The first-order chi connectivity index (χ1) is 13.2. The molecule has 0 amide bonds. The SMILES string of the molecule is CC(=O)OCC1OC2(C)C(C(C)=O)C(C=CN2c2ccccc2)C1OC(C)=O. The van der Waals surface area contributed by atoms with E-state index in [1.807, 2.05) is 54.4 Å². The fourth-order valence-electron chi connectivity index (χ4n) is 4.26. The van der Waals surface area contributed by atoms with Crippen molar-refractivity contribution in [3.05, 3.63) is 42.6 Å². The Morgan fingerprint density at radius 1 is 1.11 bits per heavy atom. The van der Waals surface area contributed by atoms with E-state index in [0.717, 1.165) is 5.69 Å². The molecule has 150 valence electrons. The molecular formula is C21H25NO6. The number of hydrogen-bond acceptors (Lipinski definition) is 7. The normalized spacial score (nSPS) is 31.2. The minimum absolute atomic E-state index is 0.0686. The van der Waals surface area contributed by atoms with Crippen molar-refractivity contribution < 1.29 is 28.6 Å². The number of nitrogens with zero attached hydrogens (tertiary/aromatic N) is 1. The van der Waals surface area contributed by atoms with Gasteiger partial charge < -0.3 is 19.1 Å². The second-order valence-corrected chi connectivity index (χ2v) is 7.30. The summed E-state index contributed by atoms with van der Waals surface area (Å²) in [6.45, 7) is 5.90. The summed E-state index contributed by atoms with van der Waals surface area (Å²) in [5.41, 5.74) is -0.156. The summed E-state index contributed by atoms with van der Waals surface area (Å²) < 4.78 is 17.0. The fourth-order valence-corrected chi connectivity index (χ4v) is 4.26. The van der Waals surface area contributed by atoms with Gasteiger partial charge in [-0.25, -0.2) is 0 Å². The van der Waals surface area contributed by atoms with E-state index < -0.39 is 35.8 Å². The minimum atomic E-state index is -1.02. The maximum atomic E-state index is 12.6. The molecule has 1 aromatic carbocycles. The van der Waals surface area contributed by atoms with E-state index in [9.17, 15) is 14.4 Å². The lowest BCUT2D eigenvalue weighted by Gasteiger charge is -2.56. The zero-order valence-electron chi connectivity index (χ0n) is 16.5. The highest BCUT2D eigenvalue weighted by atomic mass is 16.6. The number of Topliss-reactive ketones (excluding diaryl/α,β-unsaturated/α-hetero) is 1. The van der Waals surface area contributed by atoms with Crippen LogP contribution in [-0.2, 0) is 28.6 Å². The van der Waals surface area contributed by atoms with Crippen LogP contribution in [0.5, 0.6) is 0 Å². The topological polar surface area (TPSA) is 82.1 Å². The van der Waals surface area contributed by atoms with Gasteiger partial charge in [0.1, 0.15) is 24.6 Å². The molecule has 0 spiro atoms. The third-order valence-electron chi connectivity index (χ3n) is 5.26. The predicted molar refractivity (Wildman–Crippen MR) is 101 cm³/mol. The quantitative estimate of drug-likeness (QED) is 0.718. The molecule has 2 bridgehead atoms. The molecule has 2 aliphatic rings. The van der Waals surface area contributed by atoms with Crippen LogP contribution in [0.1, 0.15) is 27.7 Å². The molecule has 1 aromatic rings. The molecule has 1 saturated heterocycles. The Balaban J connectivity index is 2.05. The molecular weight excluding hydrogens is 362 g/mol. The lowest BCUT2D eigenvalue weighted by atomic mass is 9.71. The Morgan fingerprint density at radius 3 is 2.36 bits per heavy atom. The molecule has 2 heterocycles. The van der Waals surface area contributed by atoms with E-state index in [-0.39, 0.29) is 18.3 Å². The lowest BCUT2D eigenvalue weighted by molar-refractivity contribution is -0.234. The maximum Gasteiger partial charge on any atom is 0.303 e. The van der Waals surface area contributed by atoms with Gasteiger partial charge in [-0.05, 0) is 26.0 Å². The Bertz CT molecular complexity index is 791. The van der Waals surface area contributed by atoms with Crippen LogP contribution in [0.4, 0.5) is 5.69 Å². The van der Waals surface area contributed by atoms with Crippen LogP contribution < -0.4 is 4.90 Å². The van der Waals surface area contributed by atoms with E-state index in [4.69, 9.17) is 14.2 Å². The van der Waals surface area contributed by atoms with Crippen LogP contribution in [0.15, 0.2) is 42.6 Å². The highest BCUT2D eigenvalue weighted by Crippen LogP contribution is 2.47. The molecule has 0 N–H and O–H groups in total. The first-order valence-electron chi connectivity index (χ1n) is 9.25. The Kier molecular flexibility index (Phi) is 5.56. The van der Waals surface area contributed by atoms with Gasteiger partial charge in [-0.15, -0.1) is 0 Å². The van der Waals surface area contributed by atoms with Crippen LogP contribution in [0, 0.1) is 11.8 Å². The minimum Gasteiger partial charge on any atom is -0.463 e. The molecule has 0 aromatic heterocycles. The molecule has 0 saturated carbocycles. The average Bonchev–Trinajstić information content (AvgIpc) is 2.62. The van der Waals surface area contributed by atoms with Gasteiger partial charge in [0.05, 0.1) is 5.92 Å². The summed E-state index contributed by atoms with van der Waals surface area (Å²) >= 11 is 0. The summed E-state index contributed by atoms with van der Waals surface area (Å²) in [5.74, 6) is -1.95. The van der Waals surface area contributed by atoms with Crippen molar-refractivity contribution in [3.8, 4) is 0 Å². The van der Waals surface area contributed by atoms with Gasteiger partial charge in [-0.3, -0.25) is 14.4 Å². The lowest BCUT2D eigenvalue weighted by Crippen LogP contribution is -2.68. The number of carbonyl (C=O) groups is 3. The molecule has 5 atom stereocenters. The smallest absolute Gasteiger partial charge is 0.303 e. The number of rotatable bonds is 5. The molecule has 7 heteroatoms. The van der Waals surface area contributed by atoms with Gasteiger partial charge >= 0.3 is 11.9 Å². The second kappa shape index (κ2) is 7.75. The Labute approximate surface area is 164 Å². The van der Waals surface area contributed by atoms with Crippen molar-refractivity contribution in [2.75, 3.05) is 11.5 Å². The number of ether oxygens (including phenoxy) is 3. The van der Waals surface area contributed by atoms with Gasteiger partial charge in [0, 0.05) is 31.7 Å². The molecule has 28 heavy (non-hydrogen) atoms. The summed E-state index contributed by atoms with van der Waals surface area (Å²) in [4.78, 5) is 37.6. The van der Waals surface area contributed by atoms with E-state index >= 15 is 0 Å². The van der Waals surface area contributed by atoms with Gasteiger partial charge in [0.2, 0.25) is 0 Å². The van der Waals surface area contributed by atoms with E-state index in [1.165, 1.54) is 20.8 Å². The first-order valence-corrected chi connectivity index (χ1v) is 9.25. The number of anilines is 1. The van der Waals surface area contributed by atoms with Gasteiger partial charge in [0.15, 0.2) is 5.72 Å². The average molecular weight is 387 g/mol. The third kappa shape index (κ3) is 3.67. The van der Waals surface area contributed by atoms with Crippen molar-refractivity contribution in [3.63, 3.8) is 0 Å². The summed E-state index contributed by atoms with van der Waals surface area (Å²) in [7, 11) is 0. The van der Waals surface area contributed by atoms with Crippen LogP contribution >= 0.6 is 0 Å². The van der Waals surface area contributed by atoms with Gasteiger partial charge in [0.25, 0.3) is 0 Å². The number of esters is 2. The standard InChI is InChI=1S/C21H25NO6/c1-13(23)19-17-10-11-22(16-8-6-5-7-9-16)21(19,4)28-18(12-26-14(2)24)20(17)27-15(3)25/h5-11,17-20H,12H2,1-4H3. The van der Waals surface area contributed by atoms with Crippen LogP contribution in [-0.4, -0.2) is 42.3 Å². The first kappa shape index (κ1) is 20.1. The Hall–Kier alpha value is -2.67. The number of ketones is 1. The van der Waals surface area contributed by atoms with Crippen LogP contribution in [0.25, 0.3) is 0 Å². The van der Waals surface area contributed by atoms with Crippen LogP contribution in [0.3, 0.4) is 0 Å². The van der Waals surface area contributed by atoms with Crippen molar-refractivity contribution >= 4 is 23.4 Å². The van der Waals surface area contributed by atoms with Gasteiger partial charge in [-0.1, -0.05) is 24.3 Å². The molecule has 0 radical (unpaired) electrons. The Morgan fingerprint density at radius 2 is 1.79 bits per heavy atom. The fraction of sp³-hybridized carbons (Fsp3) is 0.476. The number of fused-ring (bicyclic) bond motifs is 2. The number of para-hydroxylation sites is 1. The highest BCUT2D eigenvalue weighted by Gasteiger charge is 2.59. The highest BCUT2D eigenvalue weighted by molar-refractivity contribution is 5.82. The zero-order valence-corrected chi connectivity index (χ0v) is 16.5. The zero-order chi connectivity index (χ0) is 20.5. The molecule has 7 nitrogen and oxygen atoms in total. The van der Waals surface area contributed by atoms with E-state index in [0.29, 0.717) is 0 Å². The molecule has 1 fully saturated rings. The van der Waals surface area contributed by atoms with Crippen molar-refractivity contribution in [2.45, 2.75) is 45.6 Å². The third-order valence-corrected chi connectivity index (χ3v) is 5.26. The summed E-state index contributed by atoms with van der Waals surface area (Å²) in [6.07, 6.45) is 2.30. The van der Waals surface area contributed by atoms with Gasteiger partial charge in [-0.2, -0.15) is 0 Å². The maximum absolute atomic E-state index is 12.6. The van der Waals surface area contributed by atoms with Crippen molar-refractivity contribution in [1.82, 2.24) is 0 Å². The number of carbonyl (C=O) groups excluding carboxylic acids is 3. The van der Waals surface area contributed by atoms with Crippen molar-refractivity contribution in [2.24, 2.45) is 11.8 Å². The predicted octanol–water partition coefficient (Wildman–Crippen LogP) is 2.45. The molecule has 0 aliphatic carbocycles. The monoisotopic (exact) mass is 387 g/mol. The molecule has 3 rings (SSSR count). The summed E-state index contributed by atoms with van der Waals surface area (Å²) in [6, 6.07) is 9.57. The van der Waals surface area contributed by atoms with E-state index in [2.05, 4.69) is 0 Å². The number of hydrogen-bond donors (Lipinski definition) is 0. The largest absolute Gasteiger partial charge is 0.463 e. The molecule has 2 aliphatic heterocycles. The van der Waals surface area contributed by atoms with E-state index in [1.54, 1.807) is 0 Å². The number of benzene rings is 1. The van der Waals surface area contributed by atoms with Crippen LogP contribution in [0.2, 0.25) is 0 Å². The summed E-state index contributed by atoms with van der Waals surface area (Å²) in [5, 5.41) is 0. The van der Waals surface area contributed by atoms with Crippen molar-refractivity contribution in [1.29, 1.82) is 0 Å².